The molecule has 0 aliphatic heterocycles. The molecule has 5 heteroatoms. The minimum absolute atomic E-state index is 0.178. The molecule has 2 aromatic heterocycles. The van der Waals surface area contributed by atoms with Crippen molar-refractivity contribution in [2.45, 2.75) is 13.1 Å². The van der Waals surface area contributed by atoms with Gasteiger partial charge in [-0.2, -0.15) is 10.2 Å². The third-order valence-electron chi connectivity index (χ3n) is 2.05. The lowest BCUT2D eigenvalue weighted by Crippen LogP contribution is -2.14. The summed E-state index contributed by atoms with van der Waals surface area (Å²) in [4.78, 5) is 4.06. The van der Waals surface area contributed by atoms with Gasteiger partial charge in [0.2, 0.25) is 0 Å². The number of hydrogen-bond donors (Lipinski definition) is 2. The molecule has 2 N–H and O–H groups in total. The number of rotatable bonds is 4. The lowest BCUT2D eigenvalue weighted by atomic mass is 10.3. The smallest absolute Gasteiger partial charge is 0.133 e. The van der Waals surface area contributed by atoms with Crippen molar-refractivity contribution in [2.75, 3.05) is 0 Å². The van der Waals surface area contributed by atoms with Gasteiger partial charge in [0.05, 0.1) is 17.6 Å². The zero-order valence-electron chi connectivity index (χ0n) is 8.67. The molecule has 0 fully saturated rings. The lowest BCUT2D eigenvalue weighted by molar-refractivity contribution is 0.471. The monoisotopic (exact) mass is 216 g/mol. The number of hydrogen-bond acceptors (Lipinski definition) is 5. The van der Waals surface area contributed by atoms with Crippen molar-refractivity contribution in [1.29, 1.82) is 0 Å². The van der Waals surface area contributed by atoms with Gasteiger partial charge in [-0.25, -0.2) is 0 Å². The van der Waals surface area contributed by atoms with Crippen LogP contribution in [0.15, 0.2) is 36.7 Å². The molecule has 0 atom stereocenters. The van der Waals surface area contributed by atoms with E-state index in [1.807, 2.05) is 12.1 Å². The van der Waals surface area contributed by atoms with Gasteiger partial charge in [0.25, 0.3) is 0 Å². The van der Waals surface area contributed by atoms with Crippen LogP contribution < -0.4 is 5.32 Å². The molecule has 0 aliphatic carbocycles. The fraction of sp³-hybridized carbons (Fsp3) is 0.182. The number of aromatic hydroxyl groups is 1. The van der Waals surface area contributed by atoms with E-state index < -0.39 is 0 Å². The molecule has 2 aromatic rings. The van der Waals surface area contributed by atoms with Gasteiger partial charge >= 0.3 is 0 Å². The van der Waals surface area contributed by atoms with Gasteiger partial charge in [-0.1, -0.05) is 0 Å². The van der Waals surface area contributed by atoms with E-state index >= 15 is 0 Å². The van der Waals surface area contributed by atoms with Crippen LogP contribution in [0, 0.1) is 0 Å². The van der Waals surface area contributed by atoms with Crippen LogP contribution in [0.25, 0.3) is 0 Å². The number of nitrogens with one attached hydrogen (secondary N) is 1. The topological polar surface area (TPSA) is 70.9 Å². The van der Waals surface area contributed by atoms with Crippen molar-refractivity contribution in [2.24, 2.45) is 0 Å². The Labute approximate surface area is 93.2 Å². The molecular weight excluding hydrogens is 204 g/mol. The van der Waals surface area contributed by atoms with Crippen LogP contribution in [0.5, 0.6) is 5.75 Å². The van der Waals surface area contributed by atoms with E-state index in [9.17, 15) is 0 Å². The summed E-state index contributed by atoms with van der Waals surface area (Å²) in [6.45, 7) is 1.28. The van der Waals surface area contributed by atoms with Crippen LogP contribution in [0.2, 0.25) is 0 Å². The maximum absolute atomic E-state index is 9.06. The molecule has 0 unspecified atom stereocenters. The van der Waals surface area contributed by atoms with Gasteiger partial charge < -0.3 is 10.4 Å². The summed E-state index contributed by atoms with van der Waals surface area (Å²) in [5, 5.41) is 20.0. The van der Waals surface area contributed by atoms with Crippen LogP contribution in [0.4, 0.5) is 0 Å². The van der Waals surface area contributed by atoms with E-state index in [0.29, 0.717) is 13.1 Å². The van der Waals surface area contributed by atoms with E-state index in [1.165, 1.54) is 6.20 Å². The summed E-state index contributed by atoms with van der Waals surface area (Å²) in [5.41, 5.74) is 1.77. The van der Waals surface area contributed by atoms with Gasteiger partial charge in [0.1, 0.15) is 5.75 Å². The highest BCUT2D eigenvalue weighted by Gasteiger charge is 1.96. The first-order valence-electron chi connectivity index (χ1n) is 4.96. The van der Waals surface area contributed by atoms with Gasteiger partial charge in [0, 0.05) is 19.3 Å². The van der Waals surface area contributed by atoms with Crippen molar-refractivity contribution in [1.82, 2.24) is 20.5 Å². The summed E-state index contributed by atoms with van der Waals surface area (Å²) in [6.07, 6.45) is 3.07. The van der Waals surface area contributed by atoms with Gasteiger partial charge in [0.15, 0.2) is 0 Å². The Balaban J connectivity index is 1.82. The van der Waals surface area contributed by atoms with Crippen molar-refractivity contribution in [3.8, 4) is 5.75 Å². The quantitative estimate of drug-likeness (QED) is 0.793. The first kappa shape index (κ1) is 10.5. The normalized spacial score (nSPS) is 10.2. The average Bonchev–Trinajstić information content (AvgIpc) is 2.33. The van der Waals surface area contributed by atoms with Crippen LogP contribution in [0.1, 0.15) is 11.4 Å². The van der Waals surface area contributed by atoms with E-state index in [1.54, 1.807) is 18.3 Å². The molecule has 0 saturated heterocycles. The minimum Gasteiger partial charge on any atom is -0.506 e. The second-order valence-corrected chi connectivity index (χ2v) is 3.33. The van der Waals surface area contributed by atoms with E-state index in [4.69, 9.17) is 5.11 Å². The van der Waals surface area contributed by atoms with Gasteiger partial charge in [-0.3, -0.25) is 4.98 Å². The molecule has 5 nitrogen and oxygen atoms in total. The SMILES string of the molecule is Oc1ccc(CNCc2cccnn2)nc1. The summed E-state index contributed by atoms with van der Waals surface area (Å²) in [6, 6.07) is 7.15. The molecule has 0 bridgehead atoms. The molecular formula is C11H12N4O. The van der Waals surface area contributed by atoms with Crippen LogP contribution in [0.3, 0.4) is 0 Å². The molecule has 2 heterocycles. The zero-order valence-corrected chi connectivity index (χ0v) is 8.67. The molecule has 16 heavy (non-hydrogen) atoms. The molecule has 0 radical (unpaired) electrons. The predicted molar refractivity (Wildman–Crippen MR) is 58.5 cm³/mol. The predicted octanol–water partition coefficient (Wildman–Crippen LogP) is 0.867. The Bertz CT molecular complexity index is 429. The largest absolute Gasteiger partial charge is 0.506 e. The molecule has 0 amide bonds. The van der Waals surface area contributed by atoms with E-state index in [0.717, 1.165) is 11.4 Å². The summed E-state index contributed by atoms with van der Waals surface area (Å²) in [7, 11) is 0. The first-order valence-corrected chi connectivity index (χ1v) is 4.96. The third kappa shape index (κ3) is 2.99. The summed E-state index contributed by atoms with van der Waals surface area (Å²) >= 11 is 0. The molecule has 0 aromatic carbocycles. The second-order valence-electron chi connectivity index (χ2n) is 3.33. The Morgan fingerprint density at radius 2 is 2.00 bits per heavy atom. The Hall–Kier alpha value is -2.01. The summed E-state index contributed by atoms with van der Waals surface area (Å²) < 4.78 is 0. The van der Waals surface area contributed by atoms with Crippen molar-refractivity contribution >= 4 is 0 Å². The number of nitrogens with zero attached hydrogens (tertiary/aromatic N) is 3. The van der Waals surface area contributed by atoms with Gasteiger partial charge in [-0.05, 0) is 24.3 Å². The molecule has 0 saturated carbocycles. The highest BCUT2D eigenvalue weighted by molar-refractivity contribution is 5.17. The molecule has 2 rings (SSSR count). The summed E-state index contributed by atoms with van der Waals surface area (Å²) in [5.74, 6) is 0.178. The highest BCUT2D eigenvalue weighted by Crippen LogP contribution is 2.05. The fourth-order valence-electron chi connectivity index (χ4n) is 1.27. The Morgan fingerprint density at radius 3 is 2.69 bits per heavy atom. The van der Waals surface area contributed by atoms with Crippen molar-refractivity contribution < 1.29 is 5.11 Å². The number of aromatic nitrogens is 3. The average molecular weight is 216 g/mol. The first-order chi connectivity index (χ1) is 7.84. The second kappa shape index (κ2) is 5.18. The standard InChI is InChI=1S/C11H12N4O/c16-11-4-3-9(13-8-11)6-12-7-10-2-1-5-14-15-10/h1-5,8,12,16H,6-7H2. The van der Waals surface area contributed by atoms with Crippen molar-refractivity contribution in [3.05, 3.63) is 48.0 Å². The van der Waals surface area contributed by atoms with E-state index in [2.05, 4.69) is 20.5 Å². The van der Waals surface area contributed by atoms with Gasteiger partial charge in [-0.15, -0.1) is 0 Å². The lowest BCUT2D eigenvalue weighted by Gasteiger charge is -2.03. The fourth-order valence-corrected chi connectivity index (χ4v) is 1.27. The van der Waals surface area contributed by atoms with E-state index in [-0.39, 0.29) is 5.75 Å². The third-order valence-corrected chi connectivity index (χ3v) is 2.05. The molecule has 0 spiro atoms. The van der Waals surface area contributed by atoms with Crippen LogP contribution in [-0.2, 0) is 13.1 Å². The van der Waals surface area contributed by atoms with Crippen LogP contribution >= 0.6 is 0 Å². The molecule has 0 aliphatic rings. The maximum Gasteiger partial charge on any atom is 0.133 e. The zero-order chi connectivity index (χ0) is 11.2. The maximum atomic E-state index is 9.06. The highest BCUT2D eigenvalue weighted by atomic mass is 16.3. The number of pyridine rings is 1. The van der Waals surface area contributed by atoms with Crippen LogP contribution in [-0.4, -0.2) is 20.3 Å². The Kier molecular flexibility index (Phi) is 3.40. The Morgan fingerprint density at radius 1 is 1.12 bits per heavy atom. The molecule has 82 valence electrons. The van der Waals surface area contributed by atoms with Crippen molar-refractivity contribution in [3.63, 3.8) is 0 Å². The minimum atomic E-state index is 0.178.